The molecule has 1 rings (SSSR count). The molecule has 0 atom stereocenters. The van der Waals surface area contributed by atoms with Crippen molar-refractivity contribution >= 4 is 11.4 Å². The lowest BCUT2D eigenvalue weighted by molar-refractivity contribution is 0.271. The zero-order chi connectivity index (χ0) is 7.40. The minimum Gasteiger partial charge on any atom is -0.399 e. The van der Waals surface area contributed by atoms with E-state index in [1.807, 2.05) is 18.2 Å². The van der Waals surface area contributed by atoms with Gasteiger partial charge in [0.1, 0.15) is 0 Å². The molecular formula is C7H10N2O. The molecule has 0 aliphatic heterocycles. The van der Waals surface area contributed by atoms with Crippen molar-refractivity contribution in [2.75, 3.05) is 18.3 Å². The highest BCUT2D eigenvalue weighted by molar-refractivity contribution is 5.52. The fraction of sp³-hybridized carbons (Fsp3) is 0.143. The largest absolute Gasteiger partial charge is 0.399 e. The monoisotopic (exact) mass is 138 g/mol. The van der Waals surface area contributed by atoms with E-state index in [0.717, 1.165) is 11.4 Å². The van der Waals surface area contributed by atoms with E-state index in [9.17, 15) is 0 Å². The Morgan fingerprint density at radius 3 is 2.90 bits per heavy atom. The number of nitrogen functional groups attached to an aromatic ring is 1. The van der Waals surface area contributed by atoms with Crippen LogP contribution in [0.5, 0.6) is 0 Å². The molecule has 10 heavy (non-hydrogen) atoms. The molecule has 0 radical (unpaired) electrons. The number of anilines is 2. The van der Waals surface area contributed by atoms with E-state index < -0.39 is 0 Å². The molecular weight excluding hydrogens is 128 g/mol. The topological polar surface area (TPSA) is 47.3 Å². The van der Waals surface area contributed by atoms with Gasteiger partial charge in [-0.15, -0.1) is 0 Å². The minimum atomic E-state index is 0.724. The van der Waals surface area contributed by atoms with Crippen LogP contribution in [0, 0.1) is 0 Å². The molecule has 0 aliphatic carbocycles. The van der Waals surface area contributed by atoms with Gasteiger partial charge in [0.05, 0.1) is 12.8 Å². The average molecular weight is 138 g/mol. The molecule has 0 bridgehead atoms. The number of rotatable bonds is 2. The first-order valence-corrected chi connectivity index (χ1v) is 2.97. The summed E-state index contributed by atoms with van der Waals surface area (Å²) in [6.07, 6.45) is 0. The lowest BCUT2D eigenvalue weighted by Crippen LogP contribution is -1.95. The third-order valence-corrected chi connectivity index (χ3v) is 1.11. The zero-order valence-corrected chi connectivity index (χ0v) is 5.79. The fourth-order valence-electron chi connectivity index (χ4n) is 0.720. The molecule has 3 heteroatoms. The normalized spacial score (nSPS) is 9.30. The van der Waals surface area contributed by atoms with E-state index in [1.165, 1.54) is 0 Å². The number of hydrogen-bond donors (Lipinski definition) is 2. The van der Waals surface area contributed by atoms with E-state index in [-0.39, 0.29) is 0 Å². The lowest BCUT2D eigenvalue weighted by atomic mass is 10.3. The molecule has 0 fully saturated rings. The van der Waals surface area contributed by atoms with Gasteiger partial charge in [0.15, 0.2) is 0 Å². The average Bonchev–Trinajstić information content (AvgIpc) is 1.88. The van der Waals surface area contributed by atoms with Crippen LogP contribution >= 0.6 is 0 Å². The molecule has 0 aliphatic rings. The van der Waals surface area contributed by atoms with Gasteiger partial charge in [-0.2, -0.15) is 0 Å². The molecule has 3 N–H and O–H groups in total. The van der Waals surface area contributed by atoms with E-state index in [1.54, 1.807) is 13.2 Å². The Kier molecular flexibility index (Phi) is 2.12. The van der Waals surface area contributed by atoms with Gasteiger partial charge in [0.25, 0.3) is 0 Å². The smallest absolute Gasteiger partial charge is 0.0636 e. The molecule has 1 aromatic carbocycles. The Morgan fingerprint density at radius 1 is 1.50 bits per heavy atom. The number of hydrogen-bond acceptors (Lipinski definition) is 3. The van der Waals surface area contributed by atoms with Gasteiger partial charge in [0, 0.05) is 5.69 Å². The highest BCUT2D eigenvalue weighted by atomic mass is 16.6. The summed E-state index contributed by atoms with van der Waals surface area (Å²) in [6, 6.07) is 7.35. The maximum atomic E-state index is 5.49. The zero-order valence-electron chi connectivity index (χ0n) is 5.79. The van der Waals surface area contributed by atoms with E-state index >= 15 is 0 Å². The summed E-state index contributed by atoms with van der Waals surface area (Å²) in [5.74, 6) is 0. The van der Waals surface area contributed by atoms with Crippen LogP contribution in [0.3, 0.4) is 0 Å². The Labute approximate surface area is 59.8 Å². The molecule has 0 aromatic heterocycles. The van der Waals surface area contributed by atoms with Crippen molar-refractivity contribution in [3.63, 3.8) is 0 Å². The van der Waals surface area contributed by atoms with Crippen LogP contribution in [0.2, 0.25) is 0 Å². The van der Waals surface area contributed by atoms with Crippen LogP contribution in [0.25, 0.3) is 0 Å². The van der Waals surface area contributed by atoms with Crippen molar-refractivity contribution in [3.05, 3.63) is 24.3 Å². The first-order chi connectivity index (χ1) is 4.83. The van der Waals surface area contributed by atoms with Gasteiger partial charge in [-0.3, -0.25) is 10.3 Å². The van der Waals surface area contributed by atoms with Gasteiger partial charge in [-0.25, -0.2) is 0 Å². The van der Waals surface area contributed by atoms with Crippen LogP contribution in [-0.4, -0.2) is 7.11 Å². The van der Waals surface area contributed by atoms with E-state index in [4.69, 9.17) is 5.73 Å². The van der Waals surface area contributed by atoms with Crippen molar-refractivity contribution in [2.45, 2.75) is 0 Å². The van der Waals surface area contributed by atoms with Gasteiger partial charge < -0.3 is 5.73 Å². The lowest BCUT2D eigenvalue weighted by Gasteiger charge is -2.01. The second-order valence-corrected chi connectivity index (χ2v) is 1.93. The fourth-order valence-corrected chi connectivity index (χ4v) is 0.720. The second-order valence-electron chi connectivity index (χ2n) is 1.93. The number of nitrogens with one attached hydrogen (secondary N) is 1. The maximum absolute atomic E-state index is 5.49. The third-order valence-electron chi connectivity index (χ3n) is 1.11. The van der Waals surface area contributed by atoms with Crippen LogP contribution in [0.1, 0.15) is 0 Å². The Hall–Kier alpha value is -1.22. The Bertz CT molecular complexity index is 213. The molecule has 1 aromatic rings. The molecule has 0 amide bonds. The van der Waals surface area contributed by atoms with Crippen molar-refractivity contribution in [3.8, 4) is 0 Å². The second kappa shape index (κ2) is 3.08. The summed E-state index contributed by atoms with van der Waals surface area (Å²) >= 11 is 0. The first kappa shape index (κ1) is 6.89. The summed E-state index contributed by atoms with van der Waals surface area (Å²) in [7, 11) is 1.56. The molecule has 3 nitrogen and oxygen atoms in total. The summed E-state index contributed by atoms with van der Waals surface area (Å²) in [6.45, 7) is 0. The molecule has 0 unspecified atom stereocenters. The quantitative estimate of drug-likeness (QED) is 0.477. The SMILES string of the molecule is CONc1cccc(N)c1. The van der Waals surface area contributed by atoms with Gasteiger partial charge >= 0.3 is 0 Å². The predicted octanol–water partition coefficient (Wildman–Crippen LogP) is 1.24. The van der Waals surface area contributed by atoms with Crippen LogP contribution < -0.4 is 11.2 Å². The number of nitrogens with two attached hydrogens (primary N) is 1. The summed E-state index contributed by atoms with van der Waals surface area (Å²) in [5, 5.41) is 0. The Morgan fingerprint density at radius 2 is 2.30 bits per heavy atom. The summed E-state index contributed by atoms with van der Waals surface area (Å²) in [5.41, 5.74) is 9.75. The van der Waals surface area contributed by atoms with E-state index in [2.05, 4.69) is 10.3 Å². The standard InChI is InChI=1S/C7H10N2O/c1-10-9-7-4-2-3-6(8)5-7/h2-5,9H,8H2,1H3. The van der Waals surface area contributed by atoms with Gasteiger partial charge in [0.2, 0.25) is 0 Å². The van der Waals surface area contributed by atoms with Gasteiger partial charge in [-0.1, -0.05) is 6.07 Å². The van der Waals surface area contributed by atoms with E-state index in [0.29, 0.717) is 0 Å². The molecule has 0 saturated heterocycles. The minimum absolute atomic E-state index is 0.724. The predicted molar refractivity (Wildman–Crippen MR) is 41.5 cm³/mol. The molecule has 0 spiro atoms. The highest BCUT2D eigenvalue weighted by Gasteiger charge is 1.88. The van der Waals surface area contributed by atoms with Crippen molar-refractivity contribution < 1.29 is 4.84 Å². The molecule has 0 heterocycles. The van der Waals surface area contributed by atoms with Crippen molar-refractivity contribution in [1.29, 1.82) is 0 Å². The Balaban J connectivity index is 2.75. The van der Waals surface area contributed by atoms with Crippen molar-refractivity contribution in [2.24, 2.45) is 0 Å². The van der Waals surface area contributed by atoms with Crippen LogP contribution in [-0.2, 0) is 4.84 Å². The third kappa shape index (κ3) is 1.63. The molecule has 0 saturated carbocycles. The first-order valence-electron chi connectivity index (χ1n) is 2.97. The van der Waals surface area contributed by atoms with Crippen LogP contribution in [0.4, 0.5) is 11.4 Å². The van der Waals surface area contributed by atoms with Crippen molar-refractivity contribution in [1.82, 2.24) is 0 Å². The van der Waals surface area contributed by atoms with Gasteiger partial charge in [-0.05, 0) is 18.2 Å². The number of benzene rings is 1. The molecule has 54 valence electrons. The van der Waals surface area contributed by atoms with Crippen LogP contribution in [0.15, 0.2) is 24.3 Å². The maximum Gasteiger partial charge on any atom is 0.0636 e. The summed E-state index contributed by atoms with van der Waals surface area (Å²) in [4.78, 5) is 4.68. The highest BCUT2D eigenvalue weighted by Crippen LogP contribution is 2.10. The summed E-state index contributed by atoms with van der Waals surface area (Å²) < 4.78 is 0.